The van der Waals surface area contributed by atoms with Crippen LogP contribution in [-0.2, 0) is 10.0 Å². The highest BCUT2D eigenvalue weighted by atomic mass is 32.2. The van der Waals surface area contributed by atoms with Crippen molar-refractivity contribution in [2.45, 2.75) is 10.9 Å². The zero-order valence-corrected chi connectivity index (χ0v) is 19.2. The van der Waals surface area contributed by atoms with Crippen molar-refractivity contribution in [2.75, 3.05) is 0 Å². The molecular formula is C26H21N3O2S2. The van der Waals surface area contributed by atoms with Gasteiger partial charge in [-0.1, -0.05) is 84.9 Å². The molecule has 164 valence electrons. The van der Waals surface area contributed by atoms with Gasteiger partial charge in [-0.15, -0.1) is 11.3 Å². The van der Waals surface area contributed by atoms with Gasteiger partial charge in [-0.05, 0) is 34.7 Å². The predicted molar refractivity (Wildman–Crippen MR) is 132 cm³/mol. The van der Waals surface area contributed by atoms with Gasteiger partial charge < -0.3 is 0 Å². The molecule has 0 aliphatic rings. The molecule has 5 nitrogen and oxygen atoms in total. The molecule has 5 aromatic rings. The number of benzene rings is 3. The van der Waals surface area contributed by atoms with Crippen molar-refractivity contribution >= 4 is 21.4 Å². The molecule has 0 saturated carbocycles. The number of hydrogen-bond donors (Lipinski definition) is 1. The van der Waals surface area contributed by atoms with Crippen molar-refractivity contribution < 1.29 is 8.42 Å². The number of para-hydroxylation sites is 1. The summed E-state index contributed by atoms with van der Waals surface area (Å²) in [6, 6.07) is 31.9. The quantitative estimate of drug-likeness (QED) is 0.333. The lowest BCUT2D eigenvalue weighted by Gasteiger charge is -2.19. The Labute approximate surface area is 197 Å². The second-order valence-corrected chi connectivity index (χ2v) is 10.1. The summed E-state index contributed by atoms with van der Waals surface area (Å²) in [7, 11) is -3.93. The van der Waals surface area contributed by atoms with Crippen molar-refractivity contribution in [2.24, 2.45) is 0 Å². The van der Waals surface area contributed by atoms with Gasteiger partial charge in [0.1, 0.15) is 10.6 Å². The van der Waals surface area contributed by atoms with E-state index in [9.17, 15) is 8.42 Å². The van der Waals surface area contributed by atoms with E-state index in [4.69, 9.17) is 0 Å². The van der Waals surface area contributed by atoms with Crippen LogP contribution in [0.15, 0.2) is 120 Å². The first-order chi connectivity index (χ1) is 16.1. The second-order valence-electron chi connectivity index (χ2n) is 7.48. The summed E-state index contributed by atoms with van der Waals surface area (Å²) >= 11 is 1.46. The van der Waals surface area contributed by atoms with Crippen LogP contribution in [0.5, 0.6) is 0 Å². The van der Waals surface area contributed by atoms with Crippen LogP contribution in [0.25, 0.3) is 16.3 Å². The lowest BCUT2D eigenvalue weighted by molar-refractivity contribution is 0.572. The molecule has 0 saturated heterocycles. The fourth-order valence-corrected chi connectivity index (χ4v) is 5.83. The highest BCUT2D eigenvalue weighted by Crippen LogP contribution is 2.32. The second kappa shape index (κ2) is 9.15. The van der Waals surface area contributed by atoms with E-state index in [2.05, 4.69) is 9.82 Å². The zero-order valence-electron chi connectivity index (χ0n) is 17.6. The van der Waals surface area contributed by atoms with Crippen LogP contribution in [0.1, 0.15) is 17.2 Å². The standard InChI is InChI=1S/C26H21N3O2S2/c30-33(31,28-25(20-11-4-1-5-12-20)21-13-6-2-7-14-21)24-19-29(22-15-8-3-9-16-22)27-26(24)23-17-10-18-32-23/h1-19,25,28H. The molecule has 2 heterocycles. The minimum Gasteiger partial charge on any atom is -0.239 e. The smallest absolute Gasteiger partial charge is 0.239 e. The maximum absolute atomic E-state index is 13.8. The summed E-state index contributed by atoms with van der Waals surface area (Å²) < 4.78 is 32.1. The van der Waals surface area contributed by atoms with Gasteiger partial charge in [0.15, 0.2) is 0 Å². The van der Waals surface area contributed by atoms with E-state index in [1.165, 1.54) is 11.3 Å². The van der Waals surface area contributed by atoms with Crippen LogP contribution >= 0.6 is 11.3 Å². The van der Waals surface area contributed by atoms with E-state index in [1.54, 1.807) is 10.9 Å². The average Bonchev–Trinajstić information content (AvgIpc) is 3.55. The fourth-order valence-electron chi connectivity index (χ4n) is 3.69. The normalized spacial score (nSPS) is 11.7. The van der Waals surface area contributed by atoms with E-state index in [-0.39, 0.29) is 4.90 Å². The number of rotatable bonds is 7. The Morgan fingerprint density at radius 2 is 1.33 bits per heavy atom. The van der Waals surface area contributed by atoms with Gasteiger partial charge in [0, 0.05) is 0 Å². The highest BCUT2D eigenvalue weighted by Gasteiger charge is 2.28. The summed E-state index contributed by atoms with van der Waals surface area (Å²) in [5.74, 6) is 0. The van der Waals surface area contributed by atoms with Crippen molar-refractivity contribution in [3.8, 4) is 16.3 Å². The summed E-state index contributed by atoms with van der Waals surface area (Å²) in [5.41, 5.74) is 2.95. The third-order valence-electron chi connectivity index (χ3n) is 5.28. The van der Waals surface area contributed by atoms with Crippen LogP contribution in [0.2, 0.25) is 0 Å². The van der Waals surface area contributed by atoms with Crippen molar-refractivity contribution in [3.05, 3.63) is 126 Å². The molecular weight excluding hydrogens is 450 g/mol. The van der Waals surface area contributed by atoms with Crippen LogP contribution < -0.4 is 4.72 Å². The SMILES string of the molecule is O=S(=O)(NC(c1ccccc1)c1ccccc1)c1cn(-c2ccccc2)nc1-c1cccs1. The Bertz CT molecular complexity index is 1390. The number of nitrogens with one attached hydrogen (secondary N) is 1. The van der Waals surface area contributed by atoms with Crippen molar-refractivity contribution in [3.63, 3.8) is 0 Å². The Kier molecular flexibility index (Phi) is 5.92. The molecule has 33 heavy (non-hydrogen) atoms. The van der Waals surface area contributed by atoms with Crippen molar-refractivity contribution in [1.82, 2.24) is 14.5 Å². The Hall–Kier alpha value is -3.52. The van der Waals surface area contributed by atoms with Gasteiger partial charge in [0.05, 0.1) is 22.8 Å². The van der Waals surface area contributed by atoms with E-state index in [1.807, 2.05) is 109 Å². The van der Waals surface area contributed by atoms with Crippen LogP contribution in [0, 0.1) is 0 Å². The zero-order chi connectivity index (χ0) is 22.7. The van der Waals surface area contributed by atoms with Gasteiger partial charge in [0.2, 0.25) is 10.0 Å². The molecule has 0 atom stereocenters. The molecule has 0 bridgehead atoms. The summed E-state index contributed by atoms with van der Waals surface area (Å²) in [6.45, 7) is 0. The average molecular weight is 472 g/mol. The maximum Gasteiger partial charge on any atom is 0.245 e. The first-order valence-electron chi connectivity index (χ1n) is 10.4. The van der Waals surface area contributed by atoms with E-state index in [0.29, 0.717) is 5.69 Å². The Morgan fingerprint density at radius 3 is 1.88 bits per heavy atom. The first kappa shape index (κ1) is 21.3. The Morgan fingerprint density at radius 1 is 0.758 bits per heavy atom. The summed E-state index contributed by atoms with van der Waals surface area (Å²) in [5, 5.41) is 6.56. The first-order valence-corrected chi connectivity index (χ1v) is 12.8. The molecule has 0 radical (unpaired) electrons. The molecule has 1 N–H and O–H groups in total. The molecule has 3 aromatic carbocycles. The maximum atomic E-state index is 13.8. The monoisotopic (exact) mass is 471 g/mol. The van der Waals surface area contributed by atoms with Gasteiger partial charge in [-0.2, -0.15) is 9.82 Å². The third-order valence-corrected chi connectivity index (χ3v) is 7.58. The number of hydrogen-bond acceptors (Lipinski definition) is 4. The number of sulfonamides is 1. The third kappa shape index (κ3) is 4.52. The fraction of sp³-hybridized carbons (Fsp3) is 0.0385. The van der Waals surface area contributed by atoms with E-state index >= 15 is 0 Å². The predicted octanol–water partition coefficient (Wildman–Crippen LogP) is 5.67. The molecule has 0 amide bonds. The van der Waals surface area contributed by atoms with E-state index < -0.39 is 16.1 Å². The molecule has 2 aromatic heterocycles. The van der Waals surface area contributed by atoms with Crippen LogP contribution in [0.3, 0.4) is 0 Å². The minimum absolute atomic E-state index is 0.144. The van der Waals surface area contributed by atoms with Gasteiger partial charge in [0.25, 0.3) is 0 Å². The number of aromatic nitrogens is 2. The van der Waals surface area contributed by atoms with E-state index in [0.717, 1.165) is 21.7 Å². The molecule has 0 unspecified atom stereocenters. The minimum atomic E-state index is -3.93. The molecule has 0 fully saturated rings. The lowest BCUT2D eigenvalue weighted by atomic mass is 10.00. The van der Waals surface area contributed by atoms with Gasteiger partial charge in [-0.25, -0.2) is 13.1 Å². The number of thiophene rings is 1. The lowest BCUT2D eigenvalue weighted by Crippen LogP contribution is -2.29. The molecule has 7 heteroatoms. The van der Waals surface area contributed by atoms with Crippen LogP contribution in [-0.4, -0.2) is 18.2 Å². The van der Waals surface area contributed by atoms with Gasteiger partial charge >= 0.3 is 0 Å². The van der Waals surface area contributed by atoms with Crippen LogP contribution in [0.4, 0.5) is 0 Å². The van der Waals surface area contributed by atoms with Gasteiger partial charge in [-0.3, -0.25) is 0 Å². The van der Waals surface area contributed by atoms with Crippen molar-refractivity contribution in [1.29, 1.82) is 0 Å². The summed E-state index contributed by atoms with van der Waals surface area (Å²) in [6.07, 6.45) is 1.58. The molecule has 0 aliphatic heterocycles. The topological polar surface area (TPSA) is 64.0 Å². The highest BCUT2D eigenvalue weighted by molar-refractivity contribution is 7.89. The largest absolute Gasteiger partial charge is 0.245 e. The number of nitrogens with zero attached hydrogens (tertiary/aromatic N) is 2. The summed E-state index contributed by atoms with van der Waals surface area (Å²) in [4.78, 5) is 0.937. The molecule has 0 spiro atoms. The molecule has 5 rings (SSSR count). The molecule has 0 aliphatic carbocycles. The Balaban J connectivity index is 1.61.